The lowest BCUT2D eigenvalue weighted by molar-refractivity contribution is 0.415. The minimum absolute atomic E-state index is 0.931. The standard InChI is InChI=1S/C15H18O/c1-3-4-5-12-6-7-13-8-9-15(16-2)11-14(13)10-12/h6-11H,3-5H2,1-2H3. The van der Waals surface area contributed by atoms with Crippen molar-refractivity contribution in [2.24, 2.45) is 0 Å². The molecule has 0 bridgehead atoms. The van der Waals surface area contributed by atoms with Gasteiger partial charge in [-0.1, -0.05) is 37.6 Å². The number of hydrogen-bond donors (Lipinski definition) is 0. The zero-order valence-corrected chi connectivity index (χ0v) is 9.99. The summed E-state index contributed by atoms with van der Waals surface area (Å²) in [5.74, 6) is 0.931. The molecule has 0 aromatic heterocycles. The van der Waals surface area contributed by atoms with E-state index in [4.69, 9.17) is 4.74 Å². The van der Waals surface area contributed by atoms with Gasteiger partial charge in [-0.25, -0.2) is 0 Å². The maximum atomic E-state index is 5.24. The Balaban J connectivity index is 2.35. The van der Waals surface area contributed by atoms with Crippen molar-refractivity contribution in [3.05, 3.63) is 42.0 Å². The highest BCUT2D eigenvalue weighted by atomic mass is 16.5. The normalized spacial score (nSPS) is 10.6. The Morgan fingerprint density at radius 2 is 1.81 bits per heavy atom. The first kappa shape index (κ1) is 11.0. The Kier molecular flexibility index (Phi) is 3.45. The molecule has 1 nitrogen and oxygen atoms in total. The molecule has 0 aliphatic carbocycles. The van der Waals surface area contributed by atoms with Gasteiger partial charge in [0, 0.05) is 0 Å². The lowest BCUT2D eigenvalue weighted by Crippen LogP contribution is -1.86. The number of aryl methyl sites for hydroxylation is 1. The van der Waals surface area contributed by atoms with Crippen molar-refractivity contribution in [2.45, 2.75) is 26.2 Å². The van der Waals surface area contributed by atoms with Crippen LogP contribution in [0.5, 0.6) is 5.75 Å². The van der Waals surface area contributed by atoms with E-state index in [1.54, 1.807) is 7.11 Å². The summed E-state index contributed by atoms with van der Waals surface area (Å²) in [5.41, 5.74) is 1.42. The topological polar surface area (TPSA) is 9.23 Å². The van der Waals surface area contributed by atoms with Gasteiger partial charge in [0.2, 0.25) is 0 Å². The monoisotopic (exact) mass is 214 g/mol. The predicted octanol–water partition coefficient (Wildman–Crippen LogP) is 4.19. The van der Waals surface area contributed by atoms with Crippen molar-refractivity contribution >= 4 is 10.8 Å². The summed E-state index contributed by atoms with van der Waals surface area (Å²) in [6, 6.07) is 12.9. The van der Waals surface area contributed by atoms with Gasteiger partial charge in [0.1, 0.15) is 5.75 Å². The summed E-state index contributed by atoms with van der Waals surface area (Å²) in [4.78, 5) is 0. The third kappa shape index (κ3) is 2.35. The van der Waals surface area contributed by atoms with Gasteiger partial charge >= 0.3 is 0 Å². The fourth-order valence-electron chi connectivity index (χ4n) is 1.94. The second-order valence-electron chi connectivity index (χ2n) is 4.15. The number of rotatable bonds is 4. The molecular formula is C15H18O. The van der Waals surface area contributed by atoms with Crippen LogP contribution < -0.4 is 4.74 Å². The minimum Gasteiger partial charge on any atom is -0.497 e. The molecule has 0 aliphatic rings. The van der Waals surface area contributed by atoms with E-state index in [1.165, 1.54) is 35.6 Å². The van der Waals surface area contributed by atoms with Crippen LogP contribution in [0, 0.1) is 0 Å². The third-order valence-electron chi connectivity index (χ3n) is 2.93. The SMILES string of the molecule is CCCCc1ccc2ccc(OC)cc2c1. The molecule has 0 aliphatic heterocycles. The Morgan fingerprint density at radius 1 is 1.00 bits per heavy atom. The number of unbranched alkanes of at least 4 members (excludes halogenated alkanes) is 1. The Hall–Kier alpha value is -1.50. The van der Waals surface area contributed by atoms with Crippen LogP contribution in [0.4, 0.5) is 0 Å². The van der Waals surface area contributed by atoms with E-state index >= 15 is 0 Å². The summed E-state index contributed by atoms with van der Waals surface area (Å²) >= 11 is 0. The number of methoxy groups -OCH3 is 1. The molecule has 2 aromatic carbocycles. The van der Waals surface area contributed by atoms with Gasteiger partial charge < -0.3 is 4.74 Å². The summed E-state index contributed by atoms with van der Waals surface area (Å²) < 4.78 is 5.24. The van der Waals surface area contributed by atoms with Crippen LogP contribution in [0.3, 0.4) is 0 Å². The highest BCUT2D eigenvalue weighted by molar-refractivity contribution is 5.84. The molecule has 0 amide bonds. The van der Waals surface area contributed by atoms with E-state index in [-0.39, 0.29) is 0 Å². The third-order valence-corrected chi connectivity index (χ3v) is 2.93. The molecule has 0 saturated heterocycles. The molecule has 0 unspecified atom stereocenters. The van der Waals surface area contributed by atoms with Crippen molar-refractivity contribution in [1.82, 2.24) is 0 Å². The summed E-state index contributed by atoms with van der Waals surface area (Å²) in [6.45, 7) is 2.23. The second-order valence-corrected chi connectivity index (χ2v) is 4.15. The number of benzene rings is 2. The first-order chi connectivity index (χ1) is 7.83. The molecule has 16 heavy (non-hydrogen) atoms. The zero-order chi connectivity index (χ0) is 11.4. The van der Waals surface area contributed by atoms with Crippen molar-refractivity contribution in [2.75, 3.05) is 7.11 Å². The highest BCUT2D eigenvalue weighted by Gasteiger charge is 1.98. The van der Waals surface area contributed by atoms with E-state index in [9.17, 15) is 0 Å². The van der Waals surface area contributed by atoms with Crippen LogP contribution in [0.1, 0.15) is 25.3 Å². The zero-order valence-electron chi connectivity index (χ0n) is 9.99. The summed E-state index contributed by atoms with van der Waals surface area (Å²) in [6.07, 6.45) is 3.68. The molecular weight excluding hydrogens is 196 g/mol. The van der Waals surface area contributed by atoms with Gasteiger partial charge in [0.25, 0.3) is 0 Å². The average Bonchev–Trinajstić information content (AvgIpc) is 2.35. The number of hydrogen-bond acceptors (Lipinski definition) is 1. The molecule has 2 aromatic rings. The lowest BCUT2D eigenvalue weighted by Gasteiger charge is -2.05. The molecule has 0 saturated carbocycles. The molecule has 0 heterocycles. The highest BCUT2D eigenvalue weighted by Crippen LogP contribution is 2.22. The van der Waals surface area contributed by atoms with E-state index in [1.807, 2.05) is 6.07 Å². The van der Waals surface area contributed by atoms with Crippen molar-refractivity contribution < 1.29 is 4.74 Å². The van der Waals surface area contributed by atoms with Crippen LogP contribution in [0.2, 0.25) is 0 Å². The van der Waals surface area contributed by atoms with E-state index in [2.05, 4.69) is 37.3 Å². The maximum Gasteiger partial charge on any atom is 0.119 e. The van der Waals surface area contributed by atoms with Crippen LogP contribution in [-0.4, -0.2) is 7.11 Å². The van der Waals surface area contributed by atoms with Crippen LogP contribution in [0.25, 0.3) is 10.8 Å². The Labute approximate surface area is 97.1 Å². The van der Waals surface area contributed by atoms with Crippen LogP contribution >= 0.6 is 0 Å². The fourth-order valence-corrected chi connectivity index (χ4v) is 1.94. The molecule has 84 valence electrons. The van der Waals surface area contributed by atoms with Crippen molar-refractivity contribution in [3.8, 4) is 5.75 Å². The first-order valence-corrected chi connectivity index (χ1v) is 5.90. The predicted molar refractivity (Wildman–Crippen MR) is 69.1 cm³/mol. The lowest BCUT2D eigenvalue weighted by atomic mass is 10.0. The molecule has 0 radical (unpaired) electrons. The van der Waals surface area contributed by atoms with E-state index < -0.39 is 0 Å². The van der Waals surface area contributed by atoms with Gasteiger partial charge in [-0.3, -0.25) is 0 Å². The van der Waals surface area contributed by atoms with Gasteiger partial charge in [-0.15, -0.1) is 0 Å². The smallest absolute Gasteiger partial charge is 0.119 e. The van der Waals surface area contributed by atoms with Gasteiger partial charge in [-0.05, 0) is 41.3 Å². The number of fused-ring (bicyclic) bond motifs is 1. The second kappa shape index (κ2) is 5.02. The fraction of sp³-hybridized carbons (Fsp3) is 0.333. The Bertz CT molecular complexity index is 474. The molecule has 0 spiro atoms. The first-order valence-electron chi connectivity index (χ1n) is 5.90. The van der Waals surface area contributed by atoms with Gasteiger partial charge in [0.05, 0.1) is 7.11 Å². The minimum atomic E-state index is 0.931. The maximum absolute atomic E-state index is 5.24. The van der Waals surface area contributed by atoms with Crippen molar-refractivity contribution in [3.63, 3.8) is 0 Å². The number of ether oxygens (including phenoxy) is 1. The van der Waals surface area contributed by atoms with Gasteiger partial charge in [-0.2, -0.15) is 0 Å². The molecule has 0 atom stereocenters. The molecule has 0 N–H and O–H groups in total. The van der Waals surface area contributed by atoms with Gasteiger partial charge in [0.15, 0.2) is 0 Å². The molecule has 0 fully saturated rings. The van der Waals surface area contributed by atoms with E-state index in [0.29, 0.717) is 0 Å². The quantitative estimate of drug-likeness (QED) is 0.741. The Morgan fingerprint density at radius 3 is 2.56 bits per heavy atom. The summed E-state index contributed by atoms with van der Waals surface area (Å²) in [5, 5.41) is 2.55. The van der Waals surface area contributed by atoms with E-state index in [0.717, 1.165) is 5.75 Å². The van der Waals surface area contributed by atoms with Crippen LogP contribution in [-0.2, 0) is 6.42 Å². The summed E-state index contributed by atoms with van der Waals surface area (Å²) in [7, 11) is 1.71. The molecule has 1 heteroatoms. The van der Waals surface area contributed by atoms with Crippen molar-refractivity contribution in [1.29, 1.82) is 0 Å². The average molecular weight is 214 g/mol. The molecule has 2 rings (SSSR count). The largest absolute Gasteiger partial charge is 0.497 e. The van der Waals surface area contributed by atoms with Crippen LogP contribution in [0.15, 0.2) is 36.4 Å².